The Bertz CT molecular complexity index is 1550. The third-order valence-corrected chi connectivity index (χ3v) is 5.74. The second kappa shape index (κ2) is 6.40. The summed E-state index contributed by atoms with van der Waals surface area (Å²) in [6, 6.07) is 21.7. The SMILES string of the molecule is Cc1cc(N2C(=O)c3oc4ccc5ccccc5c4c(=O)c3C2c2ccccc2)no1. The maximum absolute atomic E-state index is 13.9. The summed E-state index contributed by atoms with van der Waals surface area (Å²) in [5, 5.41) is 6.25. The number of hydrogen-bond acceptors (Lipinski definition) is 5. The molecule has 1 aliphatic rings. The van der Waals surface area contributed by atoms with E-state index in [9.17, 15) is 9.59 Å². The Morgan fingerprint density at radius 2 is 1.71 bits per heavy atom. The van der Waals surface area contributed by atoms with Gasteiger partial charge in [-0.1, -0.05) is 65.8 Å². The number of benzene rings is 3. The van der Waals surface area contributed by atoms with Crippen molar-refractivity contribution in [1.29, 1.82) is 0 Å². The van der Waals surface area contributed by atoms with E-state index in [1.807, 2.05) is 60.7 Å². The highest BCUT2D eigenvalue weighted by atomic mass is 16.5. The molecule has 0 aliphatic carbocycles. The van der Waals surface area contributed by atoms with Crippen LogP contribution >= 0.6 is 0 Å². The molecule has 1 aliphatic heterocycles. The molecule has 0 saturated carbocycles. The van der Waals surface area contributed by atoms with Crippen LogP contribution in [-0.4, -0.2) is 11.1 Å². The molecule has 0 saturated heterocycles. The molecule has 6 heteroatoms. The highest BCUT2D eigenvalue weighted by molar-refractivity contribution is 6.12. The molecular weight excluding hydrogens is 392 g/mol. The van der Waals surface area contributed by atoms with Crippen LogP contribution in [0.2, 0.25) is 0 Å². The molecule has 1 atom stereocenters. The smallest absolute Gasteiger partial charge is 0.296 e. The van der Waals surface area contributed by atoms with Gasteiger partial charge in [-0.3, -0.25) is 14.5 Å². The standard InChI is InChI=1S/C25H16N2O4/c1-14-13-19(26-31-14)27-22(16-8-3-2-4-9-16)21-23(28)20-17-10-6-5-7-15(17)11-12-18(20)30-24(21)25(27)29/h2-13,22H,1H3. The van der Waals surface area contributed by atoms with Gasteiger partial charge in [0, 0.05) is 6.07 Å². The van der Waals surface area contributed by atoms with Crippen LogP contribution in [0.25, 0.3) is 21.7 Å². The van der Waals surface area contributed by atoms with Gasteiger partial charge in [-0.05, 0) is 29.3 Å². The first-order chi connectivity index (χ1) is 15.1. The summed E-state index contributed by atoms with van der Waals surface area (Å²) < 4.78 is 11.3. The van der Waals surface area contributed by atoms with Crippen molar-refractivity contribution in [2.24, 2.45) is 0 Å². The van der Waals surface area contributed by atoms with Crippen LogP contribution in [0.3, 0.4) is 0 Å². The maximum Gasteiger partial charge on any atom is 0.296 e. The van der Waals surface area contributed by atoms with Crippen LogP contribution in [0, 0.1) is 6.92 Å². The Morgan fingerprint density at radius 3 is 2.48 bits per heavy atom. The molecule has 0 bridgehead atoms. The molecule has 150 valence electrons. The lowest BCUT2D eigenvalue weighted by Gasteiger charge is -2.22. The zero-order valence-electron chi connectivity index (χ0n) is 16.5. The van der Waals surface area contributed by atoms with E-state index in [1.54, 1.807) is 19.1 Å². The number of amides is 1. The van der Waals surface area contributed by atoms with E-state index >= 15 is 0 Å². The second-order valence-corrected chi connectivity index (χ2v) is 7.62. The van der Waals surface area contributed by atoms with Crippen molar-refractivity contribution in [3.63, 3.8) is 0 Å². The van der Waals surface area contributed by atoms with Crippen LogP contribution in [0.4, 0.5) is 5.82 Å². The Kier molecular flexibility index (Phi) is 3.65. The molecule has 31 heavy (non-hydrogen) atoms. The van der Waals surface area contributed by atoms with Crippen molar-refractivity contribution in [1.82, 2.24) is 5.16 Å². The molecule has 3 heterocycles. The summed E-state index contributed by atoms with van der Waals surface area (Å²) in [6.45, 7) is 1.76. The highest BCUT2D eigenvalue weighted by Gasteiger charge is 2.44. The van der Waals surface area contributed by atoms with Gasteiger partial charge >= 0.3 is 0 Å². The van der Waals surface area contributed by atoms with Gasteiger partial charge in [-0.15, -0.1) is 0 Å². The van der Waals surface area contributed by atoms with E-state index in [4.69, 9.17) is 8.94 Å². The minimum Gasteiger partial charge on any atom is -0.450 e. The number of rotatable bonds is 2. The molecule has 2 aromatic heterocycles. The fourth-order valence-electron chi connectivity index (χ4n) is 4.39. The first kappa shape index (κ1) is 17.7. The van der Waals surface area contributed by atoms with E-state index in [-0.39, 0.29) is 11.2 Å². The fourth-order valence-corrected chi connectivity index (χ4v) is 4.39. The summed E-state index contributed by atoms with van der Waals surface area (Å²) in [5.41, 5.74) is 1.29. The number of nitrogens with zero attached hydrogens (tertiary/aromatic N) is 2. The van der Waals surface area contributed by atoms with Crippen molar-refractivity contribution in [2.75, 3.05) is 4.90 Å². The van der Waals surface area contributed by atoms with Gasteiger partial charge in [0.2, 0.25) is 5.76 Å². The van der Waals surface area contributed by atoms with Gasteiger partial charge in [-0.2, -0.15) is 0 Å². The van der Waals surface area contributed by atoms with Crippen LogP contribution in [0.5, 0.6) is 0 Å². The number of fused-ring (bicyclic) bond motifs is 4. The molecule has 6 rings (SSSR count). The van der Waals surface area contributed by atoms with E-state index in [0.29, 0.717) is 28.1 Å². The Balaban J connectivity index is 1.71. The van der Waals surface area contributed by atoms with Crippen molar-refractivity contribution >= 4 is 33.5 Å². The number of aryl methyl sites for hydroxylation is 1. The zero-order chi connectivity index (χ0) is 21.1. The quantitative estimate of drug-likeness (QED) is 0.385. The Hall–Kier alpha value is -4.19. The molecule has 0 radical (unpaired) electrons. The third kappa shape index (κ3) is 2.48. The Labute approximate surface area is 176 Å². The van der Waals surface area contributed by atoms with Crippen LogP contribution in [0.1, 0.15) is 33.5 Å². The van der Waals surface area contributed by atoms with E-state index < -0.39 is 11.9 Å². The van der Waals surface area contributed by atoms with E-state index in [0.717, 1.165) is 16.3 Å². The number of aromatic nitrogens is 1. The monoisotopic (exact) mass is 408 g/mol. The summed E-state index contributed by atoms with van der Waals surface area (Å²) in [6.07, 6.45) is 0. The van der Waals surface area contributed by atoms with Gasteiger partial charge in [0.05, 0.1) is 17.0 Å². The first-order valence-corrected chi connectivity index (χ1v) is 9.94. The number of carbonyl (C=O) groups is 1. The predicted octanol–water partition coefficient (Wildman–Crippen LogP) is 4.99. The van der Waals surface area contributed by atoms with Crippen molar-refractivity contribution in [3.8, 4) is 0 Å². The van der Waals surface area contributed by atoms with Crippen molar-refractivity contribution in [3.05, 3.63) is 106 Å². The van der Waals surface area contributed by atoms with Crippen LogP contribution in [0.15, 0.2) is 86.5 Å². The minimum absolute atomic E-state index is 0.0438. The molecule has 5 aromatic rings. The van der Waals surface area contributed by atoms with Gasteiger partial charge in [0.25, 0.3) is 5.91 Å². The molecule has 1 unspecified atom stereocenters. The predicted molar refractivity (Wildman–Crippen MR) is 116 cm³/mol. The summed E-state index contributed by atoms with van der Waals surface area (Å²) >= 11 is 0. The molecule has 0 N–H and O–H groups in total. The van der Waals surface area contributed by atoms with Crippen LogP contribution < -0.4 is 10.3 Å². The summed E-state index contributed by atoms with van der Waals surface area (Å²) in [5.74, 6) is 0.545. The largest absolute Gasteiger partial charge is 0.450 e. The van der Waals surface area contributed by atoms with Crippen molar-refractivity contribution in [2.45, 2.75) is 13.0 Å². The maximum atomic E-state index is 13.9. The summed E-state index contributed by atoms with van der Waals surface area (Å²) in [4.78, 5) is 28.8. The molecule has 6 nitrogen and oxygen atoms in total. The average Bonchev–Trinajstić information content (AvgIpc) is 3.35. The van der Waals surface area contributed by atoms with Gasteiger partial charge in [0.15, 0.2) is 11.2 Å². The topological polar surface area (TPSA) is 76.6 Å². The fraction of sp³-hybridized carbons (Fsp3) is 0.0800. The normalized spacial score (nSPS) is 15.7. The molecular formula is C25H16N2O4. The molecule has 0 fully saturated rings. The molecule has 0 spiro atoms. The third-order valence-electron chi connectivity index (χ3n) is 5.74. The molecule has 3 aromatic carbocycles. The van der Waals surface area contributed by atoms with Crippen molar-refractivity contribution < 1.29 is 13.7 Å². The number of anilines is 1. The average molecular weight is 408 g/mol. The van der Waals surface area contributed by atoms with E-state index in [2.05, 4.69) is 5.16 Å². The second-order valence-electron chi connectivity index (χ2n) is 7.62. The lowest BCUT2D eigenvalue weighted by Crippen LogP contribution is -2.29. The number of carbonyl (C=O) groups excluding carboxylic acids is 1. The van der Waals surface area contributed by atoms with Gasteiger partial charge in [-0.25, -0.2) is 0 Å². The zero-order valence-corrected chi connectivity index (χ0v) is 16.5. The van der Waals surface area contributed by atoms with Crippen LogP contribution in [-0.2, 0) is 0 Å². The first-order valence-electron chi connectivity index (χ1n) is 9.94. The van der Waals surface area contributed by atoms with Gasteiger partial charge in [0.1, 0.15) is 11.3 Å². The van der Waals surface area contributed by atoms with E-state index in [1.165, 1.54) is 4.90 Å². The summed E-state index contributed by atoms with van der Waals surface area (Å²) in [7, 11) is 0. The number of hydrogen-bond donors (Lipinski definition) is 0. The lowest BCUT2D eigenvalue weighted by atomic mass is 9.97. The minimum atomic E-state index is -0.659. The van der Waals surface area contributed by atoms with Gasteiger partial charge < -0.3 is 8.94 Å². The molecule has 1 amide bonds. The highest BCUT2D eigenvalue weighted by Crippen LogP contribution is 2.41. The lowest BCUT2D eigenvalue weighted by molar-refractivity contribution is 0.0969. The Morgan fingerprint density at radius 1 is 0.935 bits per heavy atom.